The fourth-order valence-corrected chi connectivity index (χ4v) is 2.38. The fourth-order valence-electron chi connectivity index (χ4n) is 1.59. The molecule has 0 aliphatic carbocycles. The predicted octanol–water partition coefficient (Wildman–Crippen LogP) is 1.36. The van der Waals surface area contributed by atoms with E-state index in [0.717, 1.165) is 5.56 Å². The van der Waals surface area contributed by atoms with E-state index in [0.29, 0.717) is 22.2 Å². The van der Waals surface area contributed by atoms with Crippen LogP contribution in [0.4, 0.5) is 5.13 Å². The van der Waals surface area contributed by atoms with E-state index in [4.69, 9.17) is 5.73 Å². The van der Waals surface area contributed by atoms with Crippen molar-refractivity contribution in [3.8, 4) is 0 Å². The minimum atomic E-state index is -0.380. The van der Waals surface area contributed by atoms with Gasteiger partial charge < -0.3 is 11.1 Å². The van der Waals surface area contributed by atoms with E-state index in [1.54, 1.807) is 12.3 Å². The highest BCUT2D eigenvalue weighted by Gasteiger charge is 2.16. The monoisotopic (exact) mass is 290 g/mol. The molecule has 0 fully saturated rings. The van der Waals surface area contributed by atoms with Crippen LogP contribution < -0.4 is 11.1 Å². The Morgan fingerprint density at radius 3 is 2.90 bits per heavy atom. The molecule has 7 heteroatoms. The quantitative estimate of drug-likeness (QED) is 0.783. The molecule has 2 rings (SSSR count). The Morgan fingerprint density at radius 2 is 2.20 bits per heavy atom. The number of rotatable bonds is 6. The molecule has 0 aliphatic heterocycles. The van der Waals surface area contributed by atoms with Crippen molar-refractivity contribution in [2.45, 2.75) is 13.3 Å². The molecule has 2 heterocycles. The van der Waals surface area contributed by atoms with Crippen molar-refractivity contribution in [3.63, 3.8) is 0 Å². The van der Waals surface area contributed by atoms with Crippen LogP contribution in [-0.4, -0.2) is 28.2 Å². The first-order chi connectivity index (χ1) is 9.58. The number of amides is 1. The zero-order valence-corrected chi connectivity index (χ0v) is 11.7. The van der Waals surface area contributed by atoms with Crippen molar-refractivity contribution in [1.29, 1.82) is 0 Å². The zero-order chi connectivity index (χ0) is 14.5. The summed E-state index contributed by atoms with van der Waals surface area (Å²) in [6.45, 7) is 2.24. The van der Waals surface area contributed by atoms with Gasteiger partial charge in [0.05, 0.1) is 11.1 Å². The Balaban J connectivity index is 2.07. The number of hydrogen-bond acceptors (Lipinski definition) is 6. The summed E-state index contributed by atoms with van der Waals surface area (Å²) in [5, 5.41) is 3.54. The van der Waals surface area contributed by atoms with Gasteiger partial charge in [0.2, 0.25) is 11.7 Å². The van der Waals surface area contributed by atoms with E-state index in [2.05, 4.69) is 15.3 Å². The van der Waals surface area contributed by atoms with Gasteiger partial charge in [-0.15, -0.1) is 0 Å². The summed E-state index contributed by atoms with van der Waals surface area (Å²) >= 11 is 1.23. The Bertz CT molecular complexity index is 639. The Kier molecular flexibility index (Phi) is 4.41. The molecule has 104 valence electrons. The number of hydrogen-bond donors (Lipinski definition) is 2. The van der Waals surface area contributed by atoms with Gasteiger partial charge in [0.25, 0.3) is 0 Å². The van der Waals surface area contributed by atoms with Crippen molar-refractivity contribution < 1.29 is 9.59 Å². The molecule has 0 spiro atoms. The number of nitrogens with one attached hydrogen (secondary N) is 1. The highest BCUT2D eigenvalue weighted by molar-refractivity contribution is 7.17. The first kappa shape index (κ1) is 14.1. The molecule has 6 nitrogen and oxygen atoms in total. The summed E-state index contributed by atoms with van der Waals surface area (Å²) in [6.07, 6.45) is 3.32. The smallest absolute Gasteiger partial charge is 0.223 e. The molecule has 1 amide bonds. The standard InChI is InChI=1S/C13H14N4O2S/c1-8-3-2-5-15-11(8)12(19)9-7-17-13(20-9)16-6-4-10(14)18/h2-3,5,7H,4,6H2,1H3,(H2,14,18)(H,16,17). The largest absolute Gasteiger partial charge is 0.370 e. The minimum absolute atomic E-state index is 0.149. The van der Waals surface area contributed by atoms with Gasteiger partial charge in [0, 0.05) is 19.2 Å². The number of aryl methyl sites for hydroxylation is 1. The molecule has 2 aromatic rings. The van der Waals surface area contributed by atoms with Crippen LogP contribution in [0.25, 0.3) is 0 Å². The van der Waals surface area contributed by atoms with E-state index >= 15 is 0 Å². The van der Waals surface area contributed by atoms with Gasteiger partial charge in [0.15, 0.2) is 5.13 Å². The molecule has 0 radical (unpaired) electrons. The van der Waals surface area contributed by atoms with Crippen LogP contribution in [0, 0.1) is 6.92 Å². The topological polar surface area (TPSA) is 98.0 Å². The number of carbonyl (C=O) groups is 2. The first-order valence-electron chi connectivity index (χ1n) is 6.02. The molecule has 20 heavy (non-hydrogen) atoms. The maximum atomic E-state index is 12.3. The number of nitrogens with two attached hydrogens (primary N) is 1. The summed E-state index contributed by atoms with van der Waals surface area (Å²) in [5.41, 5.74) is 6.30. The van der Waals surface area contributed by atoms with Crippen LogP contribution in [0.15, 0.2) is 24.5 Å². The van der Waals surface area contributed by atoms with E-state index in [-0.39, 0.29) is 18.1 Å². The molecule has 0 aliphatic rings. The Hall–Kier alpha value is -2.28. The van der Waals surface area contributed by atoms with Crippen molar-refractivity contribution in [2.75, 3.05) is 11.9 Å². The fraction of sp³-hybridized carbons (Fsp3) is 0.231. The van der Waals surface area contributed by atoms with Crippen LogP contribution >= 0.6 is 11.3 Å². The number of aromatic nitrogens is 2. The van der Waals surface area contributed by atoms with E-state index in [1.165, 1.54) is 17.5 Å². The summed E-state index contributed by atoms with van der Waals surface area (Å²) in [6, 6.07) is 3.63. The van der Waals surface area contributed by atoms with Gasteiger partial charge in [-0.05, 0) is 18.6 Å². The van der Waals surface area contributed by atoms with Crippen LogP contribution in [0.5, 0.6) is 0 Å². The highest BCUT2D eigenvalue weighted by atomic mass is 32.1. The maximum absolute atomic E-state index is 12.3. The third kappa shape index (κ3) is 3.39. The van der Waals surface area contributed by atoms with Crippen LogP contribution in [0.1, 0.15) is 27.3 Å². The molecule has 0 aromatic carbocycles. The van der Waals surface area contributed by atoms with E-state index in [9.17, 15) is 9.59 Å². The third-order valence-electron chi connectivity index (χ3n) is 2.60. The van der Waals surface area contributed by atoms with Gasteiger partial charge in [0.1, 0.15) is 5.69 Å². The molecule has 0 saturated carbocycles. The number of carbonyl (C=O) groups excluding carboxylic acids is 2. The summed E-state index contributed by atoms with van der Waals surface area (Å²) in [7, 11) is 0. The average Bonchev–Trinajstić information content (AvgIpc) is 2.87. The molecule has 0 unspecified atom stereocenters. The van der Waals surface area contributed by atoms with Gasteiger partial charge >= 0.3 is 0 Å². The number of thiazole rings is 1. The van der Waals surface area contributed by atoms with Crippen molar-refractivity contribution >= 4 is 28.2 Å². The predicted molar refractivity (Wildman–Crippen MR) is 76.8 cm³/mol. The Morgan fingerprint density at radius 1 is 1.40 bits per heavy atom. The van der Waals surface area contributed by atoms with Gasteiger partial charge in [-0.3, -0.25) is 14.6 Å². The number of nitrogens with zero attached hydrogens (tertiary/aromatic N) is 2. The molecule has 0 bridgehead atoms. The zero-order valence-electron chi connectivity index (χ0n) is 10.9. The van der Waals surface area contributed by atoms with Gasteiger partial charge in [-0.1, -0.05) is 17.4 Å². The number of ketones is 1. The van der Waals surface area contributed by atoms with Crippen molar-refractivity contribution in [3.05, 3.63) is 40.7 Å². The molecule has 0 atom stereocenters. The van der Waals surface area contributed by atoms with Crippen molar-refractivity contribution in [1.82, 2.24) is 9.97 Å². The lowest BCUT2D eigenvalue weighted by atomic mass is 10.1. The second-order valence-electron chi connectivity index (χ2n) is 4.17. The lowest BCUT2D eigenvalue weighted by molar-refractivity contribution is -0.117. The Labute approximate surface area is 120 Å². The highest BCUT2D eigenvalue weighted by Crippen LogP contribution is 2.21. The van der Waals surface area contributed by atoms with Gasteiger partial charge in [-0.25, -0.2) is 4.98 Å². The third-order valence-corrected chi connectivity index (χ3v) is 3.56. The first-order valence-corrected chi connectivity index (χ1v) is 6.84. The number of pyridine rings is 1. The second-order valence-corrected chi connectivity index (χ2v) is 5.20. The van der Waals surface area contributed by atoms with Crippen LogP contribution in [-0.2, 0) is 4.79 Å². The SMILES string of the molecule is Cc1cccnc1C(=O)c1cnc(NCCC(N)=O)s1. The number of anilines is 1. The van der Waals surface area contributed by atoms with Crippen LogP contribution in [0.3, 0.4) is 0 Å². The second kappa shape index (κ2) is 6.25. The summed E-state index contributed by atoms with van der Waals surface area (Å²) < 4.78 is 0. The summed E-state index contributed by atoms with van der Waals surface area (Å²) in [4.78, 5) is 31.6. The molecule has 0 saturated heterocycles. The normalized spacial score (nSPS) is 10.2. The lowest BCUT2D eigenvalue weighted by Crippen LogP contribution is -2.15. The average molecular weight is 290 g/mol. The summed E-state index contributed by atoms with van der Waals surface area (Å²) in [5.74, 6) is -0.530. The lowest BCUT2D eigenvalue weighted by Gasteiger charge is -2.00. The molecular weight excluding hydrogens is 276 g/mol. The van der Waals surface area contributed by atoms with Gasteiger partial charge in [-0.2, -0.15) is 0 Å². The maximum Gasteiger partial charge on any atom is 0.223 e. The number of primary amides is 1. The minimum Gasteiger partial charge on any atom is -0.370 e. The van der Waals surface area contributed by atoms with Crippen LogP contribution in [0.2, 0.25) is 0 Å². The van der Waals surface area contributed by atoms with Crippen molar-refractivity contribution in [2.24, 2.45) is 5.73 Å². The molecule has 3 N–H and O–H groups in total. The van der Waals surface area contributed by atoms with E-state index < -0.39 is 0 Å². The van der Waals surface area contributed by atoms with E-state index in [1.807, 2.05) is 13.0 Å². The molecular formula is C13H14N4O2S. The molecule has 2 aromatic heterocycles.